The number of carbonyl (C=O) groups is 1. The lowest BCUT2D eigenvalue weighted by molar-refractivity contribution is -0.121. The zero-order valence-corrected chi connectivity index (χ0v) is 13.5. The summed E-state index contributed by atoms with van der Waals surface area (Å²) < 4.78 is 5.27. The second-order valence-electron chi connectivity index (χ2n) is 5.32. The third-order valence-electron chi connectivity index (χ3n) is 3.63. The Morgan fingerprint density at radius 1 is 1.00 bits per heavy atom. The molecular formula is C19H24N2O2. The Bertz CT molecular complexity index is 599. The molecule has 122 valence electrons. The second kappa shape index (κ2) is 9.64. The molecule has 0 saturated heterocycles. The molecule has 4 heteroatoms. The van der Waals surface area contributed by atoms with Crippen LogP contribution in [0.25, 0.3) is 0 Å². The molecule has 0 radical (unpaired) electrons. The topological polar surface area (TPSA) is 50.4 Å². The first-order valence-corrected chi connectivity index (χ1v) is 7.93. The molecule has 0 aliphatic heterocycles. The Morgan fingerprint density at radius 3 is 2.52 bits per heavy atom. The number of rotatable bonds is 9. The highest BCUT2D eigenvalue weighted by atomic mass is 16.5. The summed E-state index contributed by atoms with van der Waals surface area (Å²) in [7, 11) is 1.64. The normalized spacial score (nSPS) is 10.3. The van der Waals surface area contributed by atoms with Crippen molar-refractivity contribution in [3.63, 3.8) is 0 Å². The molecule has 0 aliphatic carbocycles. The van der Waals surface area contributed by atoms with Crippen LogP contribution in [0.15, 0.2) is 54.6 Å². The number of hydrogen-bond donors (Lipinski definition) is 2. The summed E-state index contributed by atoms with van der Waals surface area (Å²) in [5, 5.41) is 6.22. The number of amides is 1. The molecule has 0 atom stereocenters. The molecule has 0 bridgehead atoms. The quantitative estimate of drug-likeness (QED) is 0.700. The maximum atomic E-state index is 11.9. The molecule has 0 spiro atoms. The fourth-order valence-electron chi connectivity index (χ4n) is 2.34. The number of benzene rings is 2. The van der Waals surface area contributed by atoms with Gasteiger partial charge in [-0.25, -0.2) is 0 Å². The van der Waals surface area contributed by atoms with Crippen molar-refractivity contribution in [3.8, 4) is 5.75 Å². The zero-order chi connectivity index (χ0) is 16.3. The van der Waals surface area contributed by atoms with Gasteiger partial charge in [0.1, 0.15) is 5.75 Å². The van der Waals surface area contributed by atoms with Gasteiger partial charge in [0.05, 0.1) is 7.11 Å². The predicted octanol–water partition coefficient (Wildman–Crippen LogP) is 2.53. The van der Waals surface area contributed by atoms with E-state index in [0.717, 1.165) is 24.3 Å². The molecule has 0 heterocycles. The number of nitrogens with one attached hydrogen (secondary N) is 2. The van der Waals surface area contributed by atoms with Gasteiger partial charge in [0.2, 0.25) is 5.91 Å². The van der Waals surface area contributed by atoms with Crippen molar-refractivity contribution < 1.29 is 9.53 Å². The second-order valence-corrected chi connectivity index (χ2v) is 5.32. The first-order valence-electron chi connectivity index (χ1n) is 7.93. The molecule has 23 heavy (non-hydrogen) atoms. The van der Waals surface area contributed by atoms with Crippen molar-refractivity contribution in [2.24, 2.45) is 0 Å². The van der Waals surface area contributed by atoms with E-state index in [-0.39, 0.29) is 5.91 Å². The van der Waals surface area contributed by atoms with Crippen molar-refractivity contribution in [2.75, 3.05) is 20.2 Å². The SMILES string of the molecule is COc1ccccc1CNC(=O)CCNCCc1ccccc1. The maximum absolute atomic E-state index is 11.9. The van der Waals surface area contributed by atoms with Crippen molar-refractivity contribution >= 4 is 5.91 Å². The monoisotopic (exact) mass is 312 g/mol. The van der Waals surface area contributed by atoms with Crippen LogP contribution in [0.3, 0.4) is 0 Å². The molecule has 2 N–H and O–H groups in total. The fraction of sp³-hybridized carbons (Fsp3) is 0.316. The minimum atomic E-state index is 0.0446. The van der Waals surface area contributed by atoms with Gasteiger partial charge in [0.25, 0.3) is 0 Å². The molecule has 0 unspecified atom stereocenters. The summed E-state index contributed by atoms with van der Waals surface area (Å²) in [6, 6.07) is 18.0. The highest BCUT2D eigenvalue weighted by Crippen LogP contribution is 2.16. The average molecular weight is 312 g/mol. The molecule has 0 aromatic heterocycles. The van der Waals surface area contributed by atoms with Crippen LogP contribution in [0.2, 0.25) is 0 Å². The van der Waals surface area contributed by atoms with E-state index >= 15 is 0 Å². The van der Waals surface area contributed by atoms with Crippen molar-refractivity contribution in [3.05, 3.63) is 65.7 Å². The standard InChI is InChI=1S/C19H24N2O2/c1-23-18-10-6-5-9-17(18)15-21-19(22)12-14-20-13-11-16-7-3-2-4-8-16/h2-10,20H,11-15H2,1H3,(H,21,22). The van der Waals surface area contributed by atoms with Crippen molar-refractivity contribution in [1.82, 2.24) is 10.6 Å². The molecule has 0 aliphatic rings. The van der Waals surface area contributed by atoms with Gasteiger partial charge < -0.3 is 15.4 Å². The highest BCUT2D eigenvalue weighted by molar-refractivity contribution is 5.76. The number of methoxy groups -OCH3 is 1. The number of hydrogen-bond acceptors (Lipinski definition) is 3. The maximum Gasteiger partial charge on any atom is 0.221 e. The third-order valence-corrected chi connectivity index (χ3v) is 3.63. The smallest absolute Gasteiger partial charge is 0.221 e. The molecule has 4 nitrogen and oxygen atoms in total. The first kappa shape index (κ1) is 17.0. The van der Waals surface area contributed by atoms with Crippen LogP contribution in [-0.4, -0.2) is 26.1 Å². The summed E-state index contributed by atoms with van der Waals surface area (Å²) in [4.78, 5) is 11.9. The van der Waals surface area contributed by atoms with Crippen LogP contribution in [0.5, 0.6) is 5.75 Å². The molecule has 2 rings (SSSR count). The fourth-order valence-corrected chi connectivity index (χ4v) is 2.34. The lowest BCUT2D eigenvalue weighted by Gasteiger charge is -2.10. The molecule has 2 aromatic rings. The van der Waals surface area contributed by atoms with Crippen LogP contribution in [0, 0.1) is 0 Å². The summed E-state index contributed by atoms with van der Waals surface area (Å²) in [5.41, 5.74) is 2.29. The molecule has 0 saturated carbocycles. The summed E-state index contributed by atoms with van der Waals surface area (Å²) >= 11 is 0. The summed E-state index contributed by atoms with van der Waals surface area (Å²) in [6.07, 6.45) is 1.45. The van der Waals surface area contributed by atoms with Gasteiger partial charge in [0, 0.05) is 25.1 Å². The lowest BCUT2D eigenvalue weighted by Crippen LogP contribution is -2.28. The van der Waals surface area contributed by atoms with Crippen LogP contribution in [0.4, 0.5) is 0 Å². The summed E-state index contributed by atoms with van der Waals surface area (Å²) in [6.45, 7) is 2.06. The number of para-hydroxylation sites is 1. The van der Waals surface area contributed by atoms with E-state index in [1.54, 1.807) is 7.11 Å². The van der Waals surface area contributed by atoms with E-state index in [1.165, 1.54) is 5.56 Å². The van der Waals surface area contributed by atoms with E-state index in [0.29, 0.717) is 19.5 Å². The Morgan fingerprint density at radius 2 is 1.74 bits per heavy atom. The first-order chi connectivity index (χ1) is 11.3. The molecule has 0 fully saturated rings. The zero-order valence-electron chi connectivity index (χ0n) is 13.5. The predicted molar refractivity (Wildman–Crippen MR) is 92.5 cm³/mol. The Hall–Kier alpha value is -2.33. The van der Waals surface area contributed by atoms with Crippen LogP contribution >= 0.6 is 0 Å². The minimum Gasteiger partial charge on any atom is -0.496 e. The summed E-state index contributed by atoms with van der Waals surface area (Å²) in [5.74, 6) is 0.844. The third kappa shape index (κ3) is 6.12. The van der Waals surface area contributed by atoms with E-state index in [4.69, 9.17) is 4.74 Å². The van der Waals surface area contributed by atoms with E-state index < -0.39 is 0 Å². The average Bonchev–Trinajstić information content (AvgIpc) is 2.60. The van der Waals surface area contributed by atoms with Crippen molar-refractivity contribution in [2.45, 2.75) is 19.4 Å². The van der Waals surface area contributed by atoms with Gasteiger partial charge in [-0.3, -0.25) is 4.79 Å². The van der Waals surface area contributed by atoms with Gasteiger partial charge in [-0.15, -0.1) is 0 Å². The Labute approximate surface area is 137 Å². The van der Waals surface area contributed by atoms with Crippen LogP contribution in [0.1, 0.15) is 17.5 Å². The van der Waals surface area contributed by atoms with E-state index in [9.17, 15) is 4.79 Å². The molecule has 2 aromatic carbocycles. The van der Waals surface area contributed by atoms with Crippen LogP contribution in [-0.2, 0) is 17.8 Å². The van der Waals surface area contributed by atoms with Gasteiger partial charge in [-0.1, -0.05) is 48.5 Å². The number of ether oxygens (including phenoxy) is 1. The van der Waals surface area contributed by atoms with Gasteiger partial charge >= 0.3 is 0 Å². The lowest BCUT2D eigenvalue weighted by atomic mass is 10.1. The van der Waals surface area contributed by atoms with E-state index in [2.05, 4.69) is 22.8 Å². The number of carbonyl (C=O) groups excluding carboxylic acids is 1. The largest absolute Gasteiger partial charge is 0.496 e. The van der Waals surface area contributed by atoms with Gasteiger partial charge in [-0.05, 0) is 24.6 Å². The van der Waals surface area contributed by atoms with Crippen LogP contribution < -0.4 is 15.4 Å². The van der Waals surface area contributed by atoms with Gasteiger partial charge in [0.15, 0.2) is 0 Å². The Balaban J connectivity index is 1.60. The molecule has 1 amide bonds. The minimum absolute atomic E-state index is 0.0446. The van der Waals surface area contributed by atoms with Crippen molar-refractivity contribution in [1.29, 1.82) is 0 Å². The molecular weight excluding hydrogens is 288 g/mol. The van der Waals surface area contributed by atoms with E-state index in [1.807, 2.05) is 42.5 Å². The highest BCUT2D eigenvalue weighted by Gasteiger charge is 2.04. The Kier molecular flexibility index (Phi) is 7.14. The van der Waals surface area contributed by atoms with Gasteiger partial charge in [-0.2, -0.15) is 0 Å².